The zero-order chi connectivity index (χ0) is 17.3. The van der Waals surface area contributed by atoms with Crippen molar-refractivity contribution in [2.45, 2.75) is 19.3 Å². The maximum absolute atomic E-state index is 13.6. The van der Waals surface area contributed by atoms with Crippen LogP contribution in [0.2, 0.25) is 0 Å². The van der Waals surface area contributed by atoms with E-state index in [1.807, 2.05) is 6.07 Å². The summed E-state index contributed by atoms with van der Waals surface area (Å²) in [4.78, 5) is 12.1. The minimum Gasteiger partial charge on any atom is -0.461 e. The van der Waals surface area contributed by atoms with E-state index in [0.29, 0.717) is 23.7 Å². The number of nitrogens with one attached hydrogen (secondary N) is 1. The van der Waals surface area contributed by atoms with E-state index in [-0.39, 0.29) is 11.3 Å². The van der Waals surface area contributed by atoms with Crippen molar-refractivity contribution in [3.05, 3.63) is 59.1 Å². The van der Waals surface area contributed by atoms with E-state index in [9.17, 15) is 13.6 Å². The molecule has 122 valence electrons. The maximum Gasteiger partial charge on any atom is 0.266 e. The molecular weight excluding hydrogens is 314 g/mol. The fraction of sp³-hybridized carbons (Fsp3) is 0.222. The molecule has 1 aliphatic carbocycles. The highest BCUT2D eigenvalue weighted by Crippen LogP contribution is 2.47. The summed E-state index contributed by atoms with van der Waals surface area (Å²) < 4.78 is 32.1. The number of hydrogen-bond acceptors (Lipinski definition) is 3. The van der Waals surface area contributed by atoms with Gasteiger partial charge < -0.3 is 9.73 Å². The average molecular weight is 328 g/mol. The summed E-state index contributed by atoms with van der Waals surface area (Å²) in [6.45, 7) is 2.12. The number of nitriles is 1. The van der Waals surface area contributed by atoms with Gasteiger partial charge in [0.25, 0.3) is 5.91 Å². The van der Waals surface area contributed by atoms with Gasteiger partial charge in [0.2, 0.25) is 0 Å². The van der Waals surface area contributed by atoms with E-state index in [4.69, 9.17) is 9.68 Å². The minimum absolute atomic E-state index is 0.200. The molecule has 1 aliphatic rings. The fourth-order valence-corrected chi connectivity index (χ4v) is 2.44. The Morgan fingerprint density at radius 1 is 1.38 bits per heavy atom. The molecule has 0 aliphatic heterocycles. The lowest BCUT2D eigenvalue weighted by atomic mass is 10.2. The van der Waals surface area contributed by atoms with Crippen LogP contribution in [-0.4, -0.2) is 5.91 Å². The maximum atomic E-state index is 13.6. The van der Waals surface area contributed by atoms with Crippen molar-refractivity contribution >= 4 is 17.7 Å². The molecular formula is C18H14F2N2O2. The molecule has 0 saturated heterocycles. The molecule has 2 atom stereocenters. The van der Waals surface area contributed by atoms with Crippen LogP contribution in [0.5, 0.6) is 0 Å². The van der Waals surface area contributed by atoms with Crippen LogP contribution in [0.25, 0.3) is 6.08 Å². The van der Waals surface area contributed by atoms with Crippen LogP contribution in [0.3, 0.4) is 0 Å². The Balaban J connectivity index is 1.76. The van der Waals surface area contributed by atoms with Crippen molar-refractivity contribution in [2.24, 2.45) is 5.92 Å². The fourth-order valence-electron chi connectivity index (χ4n) is 2.44. The van der Waals surface area contributed by atoms with Gasteiger partial charge in [-0.05, 0) is 36.6 Å². The van der Waals surface area contributed by atoms with Crippen molar-refractivity contribution in [3.8, 4) is 6.07 Å². The predicted octanol–water partition coefficient (Wildman–Crippen LogP) is 4.23. The van der Waals surface area contributed by atoms with Gasteiger partial charge in [-0.1, -0.05) is 6.92 Å². The lowest BCUT2D eigenvalue weighted by molar-refractivity contribution is -0.112. The molecule has 1 aromatic carbocycles. The van der Waals surface area contributed by atoms with Gasteiger partial charge in [0.1, 0.15) is 34.8 Å². The second-order valence-corrected chi connectivity index (χ2v) is 5.81. The molecule has 1 N–H and O–H groups in total. The van der Waals surface area contributed by atoms with E-state index in [1.165, 1.54) is 6.08 Å². The lowest BCUT2D eigenvalue weighted by Gasteiger charge is -2.05. The predicted molar refractivity (Wildman–Crippen MR) is 83.8 cm³/mol. The summed E-state index contributed by atoms with van der Waals surface area (Å²) in [5, 5.41) is 11.4. The zero-order valence-corrected chi connectivity index (χ0v) is 12.8. The molecule has 24 heavy (non-hydrogen) atoms. The summed E-state index contributed by atoms with van der Waals surface area (Å²) in [5.74, 6) is -0.275. The number of benzene rings is 1. The summed E-state index contributed by atoms with van der Waals surface area (Å²) in [5.41, 5.74) is -0.432. The Labute approximate surface area is 137 Å². The van der Waals surface area contributed by atoms with Crippen LogP contribution in [-0.2, 0) is 4.79 Å². The third-order valence-corrected chi connectivity index (χ3v) is 3.95. The van der Waals surface area contributed by atoms with Crippen LogP contribution in [0.4, 0.5) is 14.5 Å². The van der Waals surface area contributed by atoms with Gasteiger partial charge in [-0.3, -0.25) is 4.79 Å². The SMILES string of the molecule is C[C@H]1C[C@@H]1c1ccc(/C=C(\C#N)C(=O)Nc2ccc(F)cc2F)o1. The number of nitrogens with zero attached hydrogens (tertiary/aromatic N) is 1. The van der Waals surface area contributed by atoms with Gasteiger partial charge in [-0.15, -0.1) is 0 Å². The number of amides is 1. The van der Waals surface area contributed by atoms with Crippen molar-refractivity contribution < 1.29 is 18.0 Å². The number of furan rings is 1. The first-order valence-corrected chi connectivity index (χ1v) is 7.46. The molecule has 1 heterocycles. The third kappa shape index (κ3) is 3.35. The zero-order valence-electron chi connectivity index (χ0n) is 12.8. The van der Waals surface area contributed by atoms with Gasteiger partial charge >= 0.3 is 0 Å². The van der Waals surface area contributed by atoms with Gasteiger partial charge in [0, 0.05) is 18.1 Å². The minimum atomic E-state index is -0.913. The first-order chi connectivity index (χ1) is 11.5. The van der Waals surface area contributed by atoms with Crippen molar-refractivity contribution in [3.63, 3.8) is 0 Å². The first kappa shape index (κ1) is 15.9. The number of carbonyl (C=O) groups is 1. The van der Waals surface area contributed by atoms with Crippen molar-refractivity contribution in [2.75, 3.05) is 5.32 Å². The van der Waals surface area contributed by atoms with E-state index < -0.39 is 17.5 Å². The van der Waals surface area contributed by atoms with Gasteiger partial charge in [-0.25, -0.2) is 8.78 Å². The summed E-state index contributed by atoms with van der Waals surface area (Å²) in [7, 11) is 0. The average Bonchev–Trinajstić information content (AvgIpc) is 3.09. The molecule has 1 amide bonds. The highest BCUT2D eigenvalue weighted by atomic mass is 19.1. The molecule has 1 aromatic heterocycles. The second-order valence-electron chi connectivity index (χ2n) is 5.81. The Bertz CT molecular complexity index is 864. The van der Waals surface area contributed by atoms with Gasteiger partial charge in [-0.2, -0.15) is 5.26 Å². The van der Waals surface area contributed by atoms with E-state index in [0.717, 1.165) is 24.3 Å². The largest absolute Gasteiger partial charge is 0.461 e. The summed E-state index contributed by atoms with van der Waals surface area (Å²) in [6, 6.07) is 8.03. The Morgan fingerprint density at radius 2 is 2.12 bits per heavy atom. The molecule has 0 unspecified atom stereocenters. The number of hydrogen-bond donors (Lipinski definition) is 1. The monoisotopic (exact) mass is 328 g/mol. The van der Waals surface area contributed by atoms with Crippen molar-refractivity contribution in [1.29, 1.82) is 5.26 Å². The standard InChI is InChI=1S/C18H14F2N2O2/c1-10-6-14(10)17-5-3-13(24-17)7-11(9-21)18(23)22-16-4-2-12(19)8-15(16)20/h2-5,7-8,10,14H,6H2,1H3,(H,22,23)/b11-7+/t10-,14-/m0/s1. The van der Waals surface area contributed by atoms with Gasteiger partial charge in [0.05, 0.1) is 5.69 Å². The smallest absolute Gasteiger partial charge is 0.266 e. The highest BCUT2D eigenvalue weighted by Gasteiger charge is 2.36. The molecule has 0 bridgehead atoms. The molecule has 1 fully saturated rings. The molecule has 4 nitrogen and oxygen atoms in total. The van der Waals surface area contributed by atoms with Crippen LogP contribution < -0.4 is 5.32 Å². The summed E-state index contributed by atoms with van der Waals surface area (Å²) >= 11 is 0. The van der Waals surface area contributed by atoms with Gasteiger partial charge in [0.15, 0.2) is 0 Å². The van der Waals surface area contributed by atoms with Crippen LogP contribution in [0, 0.1) is 28.9 Å². The van der Waals surface area contributed by atoms with E-state index in [1.54, 1.807) is 12.1 Å². The molecule has 2 aromatic rings. The van der Waals surface area contributed by atoms with Crippen LogP contribution >= 0.6 is 0 Å². The molecule has 1 saturated carbocycles. The third-order valence-electron chi connectivity index (χ3n) is 3.95. The quantitative estimate of drug-likeness (QED) is 0.675. The summed E-state index contributed by atoms with van der Waals surface area (Å²) in [6.07, 6.45) is 2.36. The van der Waals surface area contributed by atoms with Crippen molar-refractivity contribution in [1.82, 2.24) is 0 Å². The normalized spacial score (nSPS) is 19.7. The highest BCUT2D eigenvalue weighted by molar-refractivity contribution is 6.09. The molecule has 3 rings (SSSR count). The Hall–Kier alpha value is -2.94. The van der Waals surface area contributed by atoms with Crippen LogP contribution in [0.1, 0.15) is 30.8 Å². The Kier molecular flexibility index (Phi) is 4.17. The number of rotatable bonds is 4. The molecule has 0 spiro atoms. The second kappa shape index (κ2) is 6.28. The molecule has 6 heteroatoms. The topological polar surface area (TPSA) is 66.0 Å². The number of carbonyl (C=O) groups excluding carboxylic acids is 1. The lowest BCUT2D eigenvalue weighted by Crippen LogP contribution is -2.14. The Morgan fingerprint density at radius 3 is 2.75 bits per heavy atom. The van der Waals surface area contributed by atoms with Crippen LogP contribution in [0.15, 0.2) is 40.3 Å². The van der Waals surface area contributed by atoms with E-state index >= 15 is 0 Å². The van der Waals surface area contributed by atoms with E-state index in [2.05, 4.69) is 12.2 Å². The molecule has 0 radical (unpaired) electrons. The first-order valence-electron chi connectivity index (χ1n) is 7.46. The number of halogens is 2. The number of anilines is 1.